The van der Waals surface area contributed by atoms with Crippen LogP contribution < -0.4 is 0 Å². The first-order valence-corrected chi connectivity index (χ1v) is 12.2. The summed E-state index contributed by atoms with van der Waals surface area (Å²) in [6, 6.07) is 43.2. The number of hydrogen-bond donors (Lipinski definition) is 0. The third-order valence-electron chi connectivity index (χ3n) is 5.95. The molecule has 0 fully saturated rings. The maximum absolute atomic E-state index is 4.45. The first-order chi connectivity index (χ1) is 18.2. The van der Waals surface area contributed by atoms with E-state index in [1.54, 1.807) is 6.20 Å². The van der Waals surface area contributed by atoms with Gasteiger partial charge >= 0.3 is 0 Å². The molecule has 38 heavy (non-hydrogen) atoms. The molecule has 2 heterocycles. The maximum atomic E-state index is 4.45. The summed E-state index contributed by atoms with van der Waals surface area (Å²) in [6.45, 7) is 4.28. The van der Waals surface area contributed by atoms with Crippen molar-refractivity contribution >= 4 is 0 Å². The van der Waals surface area contributed by atoms with E-state index in [1.165, 1.54) is 22.3 Å². The number of para-hydroxylation sites is 1. The molecule has 0 aliphatic carbocycles. The first kappa shape index (κ1) is 26.9. The zero-order chi connectivity index (χ0) is 25.5. The van der Waals surface area contributed by atoms with Crippen LogP contribution in [0.25, 0.3) is 39.2 Å². The van der Waals surface area contributed by atoms with Gasteiger partial charge < -0.3 is 4.98 Å². The Kier molecular flexibility index (Phi) is 9.16. The van der Waals surface area contributed by atoms with Crippen molar-refractivity contribution in [3.05, 3.63) is 151 Å². The van der Waals surface area contributed by atoms with Crippen LogP contribution in [0.3, 0.4) is 0 Å². The molecule has 0 aliphatic rings. The van der Waals surface area contributed by atoms with Crippen LogP contribution in [0.1, 0.15) is 11.1 Å². The van der Waals surface area contributed by atoms with Crippen LogP contribution in [0.4, 0.5) is 0 Å². The van der Waals surface area contributed by atoms with Crippen LogP contribution in [0.15, 0.2) is 128 Å². The van der Waals surface area contributed by atoms with Gasteiger partial charge in [-0.25, -0.2) is 0 Å². The number of pyridine rings is 1. The summed E-state index contributed by atoms with van der Waals surface area (Å²) in [5, 5.41) is 4.45. The molecule has 2 aromatic heterocycles. The van der Waals surface area contributed by atoms with Gasteiger partial charge in [-0.2, -0.15) is 29.4 Å². The van der Waals surface area contributed by atoms with E-state index in [2.05, 4.69) is 78.5 Å². The van der Waals surface area contributed by atoms with E-state index in [1.807, 2.05) is 83.8 Å². The van der Waals surface area contributed by atoms with Crippen molar-refractivity contribution in [3.8, 4) is 39.2 Å². The van der Waals surface area contributed by atoms with Gasteiger partial charge in [-0.05, 0) is 48.0 Å². The van der Waals surface area contributed by atoms with Crippen molar-refractivity contribution < 1.29 is 20.1 Å². The third kappa shape index (κ3) is 6.80. The number of benzene rings is 4. The molecule has 4 aromatic carbocycles. The molecule has 0 saturated heterocycles. The fraction of sp³-hybridized carbons (Fsp3) is 0.0588. The van der Waals surface area contributed by atoms with Crippen molar-refractivity contribution in [3.63, 3.8) is 0 Å². The van der Waals surface area contributed by atoms with E-state index in [9.17, 15) is 0 Å². The van der Waals surface area contributed by atoms with Crippen LogP contribution >= 0.6 is 0 Å². The molecular formula is C34H27IrN3-2. The molecule has 3 nitrogen and oxygen atoms in total. The number of aryl methyl sites for hydroxylation is 2. The van der Waals surface area contributed by atoms with Gasteiger partial charge in [-0.3, -0.25) is 4.68 Å². The summed E-state index contributed by atoms with van der Waals surface area (Å²) in [4.78, 5) is 4.22. The van der Waals surface area contributed by atoms with Gasteiger partial charge in [0.25, 0.3) is 0 Å². The second-order valence-electron chi connectivity index (χ2n) is 8.87. The molecular weight excluding hydrogens is 643 g/mol. The number of nitrogens with zero attached hydrogens (tertiary/aromatic N) is 3. The van der Waals surface area contributed by atoms with Gasteiger partial charge in [0.1, 0.15) is 0 Å². The van der Waals surface area contributed by atoms with Crippen molar-refractivity contribution in [1.29, 1.82) is 0 Å². The quantitative estimate of drug-likeness (QED) is 0.177. The molecule has 0 atom stereocenters. The van der Waals surface area contributed by atoms with Crippen molar-refractivity contribution in [2.45, 2.75) is 13.8 Å². The number of rotatable bonds is 4. The second kappa shape index (κ2) is 12.9. The predicted octanol–water partition coefficient (Wildman–Crippen LogP) is 8.17. The van der Waals surface area contributed by atoms with Gasteiger partial charge in [0.2, 0.25) is 0 Å². The van der Waals surface area contributed by atoms with E-state index >= 15 is 0 Å². The molecule has 189 valence electrons. The molecule has 6 aromatic rings. The molecule has 6 rings (SSSR count). The van der Waals surface area contributed by atoms with Crippen molar-refractivity contribution in [1.82, 2.24) is 14.8 Å². The van der Waals surface area contributed by atoms with Gasteiger partial charge in [0.05, 0.1) is 6.20 Å². The first-order valence-electron chi connectivity index (χ1n) is 12.2. The summed E-state index contributed by atoms with van der Waals surface area (Å²) in [5.74, 6) is 0. The molecule has 0 spiro atoms. The number of hydrogen-bond acceptors (Lipinski definition) is 2. The second-order valence-corrected chi connectivity index (χ2v) is 8.87. The molecule has 0 aliphatic heterocycles. The minimum Gasteiger partial charge on any atom is -0.305 e. The van der Waals surface area contributed by atoms with Crippen molar-refractivity contribution in [2.24, 2.45) is 0 Å². The topological polar surface area (TPSA) is 30.7 Å². The molecule has 0 N–H and O–H groups in total. The van der Waals surface area contributed by atoms with Crippen molar-refractivity contribution in [2.75, 3.05) is 0 Å². The Morgan fingerprint density at radius 2 is 1.29 bits per heavy atom. The molecule has 0 unspecified atom stereocenters. The molecule has 4 heteroatoms. The Labute approximate surface area is 238 Å². The Hall–Kier alpha value is -4.11. The maximum Gasteiger partial charge on any atom is 0.0571 e. The van der Waals surface area contributed by atoms with Crippen LogP contribution in [-0.2, 0) is 20.1 Å². The fourth-order valence-electron chi connectivity index (χ4n) is 4.20. The van der Waals surface area contributed by atoms with Crippen LogP contribution in [0.5, 0.6) is 0 Å². The third-order valence-corrected chi connectivity index (χ3v) is 5.95. The summed E-state index contributed by atoms with van der Waals surface area (Å²) in [6.07, 6.45) is 5.72. The standard InChI is InChI=1S/C23H19N2.C11H8N.Ir/c1-17-12-18(2)14-21(13-17)19-8-10-20(11-9-19)22-15-24-25(16-22)23-6-4-3-5-7-23;1-2-6-10(7-3-1)11-8-4-5-9-12-11;/h3-6,8-16H,1-2H3;1-6,8-9H;/q2*-1;. The summed E-state index contributed by atoms with van der Waals surface area (Å²) >= 11 is 0. The number of aromatic nitrogens is 3. The Morgan fingerprint density at radius 1 is 0.632 bits per heavy atom. The fourth-order valence-corrected chi connectivity index (χ4v) is 4.20. The van der Waals surface area contributed by atoms with Gasteiger partial charge in [-0.15, -0.1) is 42.0 Å². The zero-order valence-electron chi connectivity index (χ0n) is 21.3. The SMILES string of the molecule is Cc1cc(C)cc(-c2ccc(-c3cnn(-c4[c-]cccc4)c3)cc2)c1.[Ir].[c-]1ccccc1-c1ccccn1. The summed E-state index contributed by atoms with van der Waals surface area (Å²) < 4.78 is 1.85. The molecule has 0 amide bonds. The largest absolute Gasteiger partial charge is 0.305 e. The summed E-state index contributed by atoms with van der Waals surface area (Å²) in [5.41, 5.74) is 10.3. The zero-order valence-corrected chi connectivity index (χ0v) is 23.7. The minimum atomic E-state index is 0. The van der Waals surface area contributed by atoms with E-state index in [4.69, 9.17) is 0 Å². The van der Waals surface area contributed by atoms with Crippen LogP contribution in [0.2, 0.25) is 0 Å². The van der Waals surface area contributed by atoms with Crippen LogP contribution in [0, 0.1) is 26.0 Å². The van der Waals surface area contributed by atoms with E-state index < -0.39 is 0 Å². The van der Waals surface area contributed by atoms with Gasteiger partial charge in [-0.1, -0.05) is 65.7 Å². The minimum absolute atomic E-state index is 0. The molecule has 1 radical (unpaired) electrons. The van der Waals surface area contributed by atoms with E-state index in [-0.39, 0.29) is 20.1 Å². The van der Waals surface area contributed by atoms with Gasteiger partial charge in [0, 0.05) is 38.1 Å². The Bertz CT molecular complexity index is 1500. The molecule has 0 saturated carbocycles. The van der Waals surface area contributed by atoms with E-state index in [0.717, 1.165) is 28.1 Å². The van der Waals surface area contributed by atoms with Crippen LogP contribution in [-0.4, -0.2) is 14.8 Å². The normalized spacial score (nSPS) is 10.2. The van der Waals surface area contributed by atoms with E-state index in [0.29, 0.717) is 0 Å². The smallest absolute Gasteiger partial charge is 0.0571 e. The monoisotopic (exact) mass is 670 g/mol. The predicted molar refractivity (Wildman–Crippen MR) is 151 cm³/mol. The Balaban J connectivity index is 0.000000218. The average Bonchev–Trinajstić information content (AvgIpc) is 3.45. The van der Waals surface area contributed by atoms with Gasteiger partial charge in [0.15, 0.2) is 0 Å². The molecule has 0 bridgehead atoms. The average molecular weight is 670 g/mol. The summed E-state index contributed by atoms with van der Waals surface area (Å²) in [7, 11) is 0. The Morgan fingerprint density at radius 3 is 1.89 bits per heavy atom.